The van der Waals surface area contributed by atoms with Gasteiger partial charge in [0.2, 0.25) is 0 Å². The molecule has 0 saturated carbocycles. The summed E-state index contributed by atoms with van der Waals surface area (Å²) < 4.78 is 22.3. The molecule has 1 aliphatic rings. The third-order valence-corrected chi connectivity index (χ3v) is 3.99. The zero-order chi connectivity index (χ0) is 13.9. The molecule has 0 aromatic carbocycles. The fourth-order valence-electron chi connectivity index (χ4n) is 1.93. The molecule has 2 N–H and O–H groups in total. The molecular formula is C11H16BN2O4P. The molecule has 2 unspecified atom stereocenters. The lowest BCUT2D eigenvalue weighted by Gasteiger charge is -2.19. The Morgan fingerprint density at radius 1 is 1.63 bits per heavy atom. The van der Waals surface area contributed by atoms with Crippen LogP contribution in [-0.2, 0) is 13.8 Å². The summed E-state index contributed by atoms with van der Waals surface area (Å²) in [5, 5.41) is 2.43. The third-order valence-electron chi connectivity index (χ3n) is 2.95. The minimum Gasteiger partial charge on any atom is -0.382 e. The Hall–Kier alpha value is -0.875. The summed E-state index contributed by atoms with van der Waals surface area (Å²) in [4.78, 5) is 13.5. The normalized spacial score (nSPS) is 29.9. The first-order chi connectivity index (χ1) is 8.96. The van der Waals surface area contributed by atoms with E-state index in [0.29, 0.717) is 5.69 Å². The van der Waals surface area contributed by atoms with Crippen LogP contribution in [0.15, 0.2) is 24.5 Å². The average molecular weight is 282 g/mol. The van der Waals surface area contributed by atoms with Crippen LogP contribution in [0.3, 0.4) is 0 Å². The van der Waals surface area contributed by atoms with Crippen molar-refractivity contribution in [2.75, 3.05) is 11.7 Å². The lowest BCUT2D eigenvalue weighted by Crippen LogP contribution is -2.21. The molecule has 6 nitrogen and oxygen atoms in total. The summed E-state index contributed by atoms with van der Waals surface area (Å²) in [7, 11) is 1.73. The van der Waals surface area contributed by atoms with Gasteiger partial charge in [-0.15, -0.1) is 0 Å². The largest absolute Gasteiger partial charge is 0.430 e. The molecule has 19 heavy (non-hydrogen) atoms. The minimum atomic E-state index is -3.91. The Kier molecular flexibility index (Phi) is 4.63. The SMILES string of the molecule is [B][C@H]1CC(C)[C@@H](COP(=O)(O)Nc2ccncc2)O1. The maximum atomic E-state index is 11.8. The third kappa shape index (κ3) is 4.32. The smallest absolute Gasteiger partial charge is 0.382 e. The molecule has 0 bridgehead atoms. The van der Waals surface area contributed by atoms with Crippen molar-refractivity contribution >= 4 is 21.3 Å². The van der Waals surface area contributed by atoms with Gasteiger partial charge in [0.1, 0.15) is 7.85 Å². The van der Waals surface area contributed by atoms with Crippen molar-refractivity contribution < 1.29 is 18.7 Å². The van der Waals surface area contributed by atoms with Gasteiger partial charge in [0.05, 0.1) is 12.7 Å². The highest BCUT2D eigenvalue weighted by atomic mass is 31.2. The number of pyridine rings is 1. The Labute approximate surface area is 113 Å². The van der Waals surface area contributed by atoms with Crippen molar-refractivity contribution in [3.8, 4) is 0 Å². The predicted octanol–water partition coefficient (Wildman–Crippen LogP) is 1.53. The second-order valence-corrected chi connectivity index (χ2v) is 6.11. The first kappa shape index (κ1) is 14.5. The van der Waals surface area contributed by atoms with Crippen LogP contribution >= 0.6 is 7.75 Å². The average Bonchev–Trinajstić information content (AvgIpc) is 2.66. The fourth-order valence-corrected chi connectivity index (χ4v) is 2.82. The quantitative estimate of drug-likeness (QED) is 0.629. The standard InChI is InChI=1S/C11H16BN2O4P/c1-8-6-11(12)18-10(8)7-17-19(15,16)14-9-2-4-13-5-3-9/h2-5,8,10-11H,6-7H2,1H3,(H2,13,14,15,16)/t8?,10-,11-/m1/s1. The topological polar surface area (TPSA) is 80.7 Å². The van der Waals surface area contributed by atoms with Crippen molar-refractivity contribution in [1.29, 1.82) is 0 Å². The van der Waals surface area contributed by atoms with E-state index in [1.807, 2.05) is 6.92 Å². The molecule has 1 fully saturated rings. The van der Waals surface area contributed by atoms with Gasteiger partial charge in [-0.2, -0.15) is 0 Å². The van der Waals surface area contributed by atoms with Gasteiger partial charge in [-0.3, -0.25) is 14.6 Å². The van der Waals surface area contributed by atoms with Crippen molar-refractivity contribution in [3.05, 3.63) is 24.5 Å². The lowest BCUT2D eigenvalue weighted by atomic mass is 9.92. The number of ether oxygens (including phenoxy) is 1. The van der Waals surface area contributed by atoms with E-state index in [1.165, 1.54) is 12.4 Å². The second kappa shape index (κ2) is 6.05. The molecule has 2 rings (SSSR count). The summed E-state index contributed by atoms with van der Waals surface area (Å²) in [5.74, 6) is 0.205. The lowest BCUT2D eigenvalue weighted by molar-refractivity contribution is 0.0343. The van der Waals surface area contributed by atoms with E-state index >= 15 is 0 Å². The summed E-state index contributed by atoms with van der Waals surface area (Å²) in [6, 6.07) is 2.84. The summed E-state index contributed by atoms with van der Waals surface area (Å²) in [6.45, 7) is 2.00. The molecule has 1 aromatic heterocycles. The van der Waals surface area contributed by atoms with E-state index in [4.69, 9.17) is 17.1 Å². The molecule has 4 atom stereocenters. The fraction of sp³-hybridized carbons (Fsp3) is 0.545. The monoisotopic (exact) mass is 282 g/mol. The Morgan fingerprint density at radius 2 is 2.32 bits per heavy atom. The molecule has 2 heterocycles. The molecule has 1 saturated heterocycles. The number of hydrogen-bond acceptors (Lipinski definition) is 4. The van der Waals surface area contributed by atoms with Crippen LogP contribution in [0.5, 0.6) is 0 Å². The van der Waals surface area contributed by atoms with Gasteiger partial charge in [-0.05, 0) is 24.5 Å². The molecular weight excluding hydrogens is 266 g/mol. The predicted molar refractivity (Wildman–Crippen MR) is 71.8 cm³/mol. The van der Waals surface area contributed by atoms with Crippen LogP contribution in [0.25, 0.3) is 0 Å². The van der Waals surface area contributed by atoms with Gasteiger partial charge in [0.25, 0.3) is 0 Å². The van der Waals surface area contributed by atoms with Crippen LogP contribution in [0.2, 0.25) is 0 Å². The van der Waals surface area contributed by atoms with Gasteiger partial charge in [0.15, 0.2) is 0 Å². The van der Waals surface area contributed by atoms with E-state index in [-0.39, 0.29) is 24.6 Å². The number of anilines is 1. The second-order valence-electron chi connectivity index (χ2n) is 4.59. The zero-order valence-corrected chi connectivity index (χ0v) is 11.5. The van der Waals surface area contributed by atoms with E-state index in [2.05, 4.69) is 10.1 Å². The van der Waals surface area contributed by atoms with Crippen molar-refractivity contribution in [2.24, 2.45) is 5.92 Å². The summed E-state index contributed by atoms with van der Waals surface area (Å²) in [6.07, 6.45) is 3.50. The highest BCUT2D eigenvalue weighted by Gasteiger charge is 2.31. The van der Waals surface area contributed by atoms with E-state index in [1.54, 1.807) is 12.1 Å². The van der Waals surface area contributed by atoms with Gasteiger partial charge < -0.3 is 9.63 Å². The van der Waals surface area contributed by atoms with Crippen LogP contribution < -0.4 is 5.09 Å². The van der Waals surface area contributed by atoms with Gasteiger partial charge in [0, 0.05) is 24.1 Å². The molecule has 8 heteroatoms. The number of aromatic nitrogens is 1. The number of rotatable bonds is 5. The van der Waals surface area contributed by atoms with Crippen LogP contribution in [0, 0.1) is 5.92 Å². The Morgan fingerprint density at radius 3 is 2.89 bits per heavy atom. The molecule has 1 aromatic rings. The summed E-state index contributed by atoms with van der Waals surface area (Å²) in [5.41, 5.74) is 0.470. The highest BCUT2D eigenvalue weighted by Crippen LogP contribution is 2.42. The number of hydrogen-bond donors (Lipinski definition) is 2. The molecule has 2 radical (unpaired) electrons. The van der Waals surface area contributed by atoms with Gasteiger partial charge >= 0.3 is 7.75 Å². The zero-order valence-electron chi connectivity index (χ0n) is 10.6. The van der Waals surface area contributed by atoms with Crippen molar-refractivity contribution in [1.82, 2.24) is 4.98 Å². The van der Waals surface area contributed by atoms with E-state index < -0.39 is 7.75 Å². The van der Waals surface area contributed by atoms with Crippen molar-refractivity contribution in [3.63, 3.8) is 0 Å². The van der Waals surface area contributed by atoms with Crippen molar-refractivity contribution in [2.45, 2.75) is 25.5 Å². The highest BCUT2D eigenvalue weighted by molar-refractivity contribution is 7.54. The Bertz CT molecular complexity index is 461. The molecule has 102 valence electrons. The minimum absolute atomic E-state index is 0.0285. The summed E-state index contributed by atoms with van der Waals surface area (Å²) >= 11 is 0. The first-order valence-corrected chi connectivity index (χ1v) is 7.61. The van der Waals surface area contributed by atoms with E-state index in [0.717, 1.165) is 6.42 Å². The number of nitrogens with zero attached hydrogens (tertiary/aromatic N) is 1. The van der Waals surface area contributed by atoms with E-state index in [9.17, 15) is 9.46 Å². The number of nitrogens with one attached hydrogen (secondary N) is 1. The maximum Gasteiger partial charge on any atom is 0.430 e. The maximum absolute atomic E-state index is 11.8. The van der Waals surface area contributed by atoms with Gasteiger partial charge in [-0.25, -0.2) is 4.57 Å². The molecule has 0 amide bonds. The molecule has 0 aliphatic carbocycles. The van der Waals surface area contributed by atoms with Crippen LogP contribution in [-0.4, -0.2) is 36.4 Å². The molecule has 1 aliphatic heterocycles. The molecule has 0 spiro atoms. The first-order valence-electron chi connectivity index (χ1n) is 6.03. The Balaban J connectivity index is 1.86. The van der Waals surface area contributed by atoms with Gasteiger partial charge in [-0.1, -0.05) is 6.92 Å². The van der Waals surface area contributed by atoms with Crippen LogP contribution in [0.1, 0.15) is 13.3 Å². The van der Waals surface area contributed by atoms with Crippen LogP contribution in [0.4, 0.5) is 5.69 Å².